The minimum Gasteiger partial charge on any atom is -0.496 e. The van der Waals surface area contributed by atoms with Crippen LogP contribution in [0.15, 0.2) is 72.4 Å². The summed E-state index contributed by atoms with van der Waals surface area (Å²) in [5, 5.41) is 4.23. The summed E-state index contributed by atoms with van der Waals surface area (Å²) in [6.07, 6.45) is 8.19. The van der Waals surface area contributed by atoms with Crippen molar-refractivity contribution in [2.45, 2.75) is 51.6 Å². The van der Waals surface area contributed by atoms with Crippen LogP contribution in [-0.4, -0.2) is 116 Å². The molecule has 0 aliphatic carbocycles. The number of piperazine rings is 1. The van der Waals surface area contributed by atoms with Gasteiger partial charge in [0.05, 0.1) is 30.7 Å². The van der Waals surface area contributed by atoms with Gasteiger partial charge in [-0.1, -0.05) is 19.2 Å². The zero-order valence-corrected chi connectivity index (χ0v) is 35.8. The predicted octanol–water partition coefficient (Wildman–Crippen LogP) is 5.72. The van der Waals surface area contributed by atoms with Crippen LogP contribution in [0.5, 0.6) is 11.5 Å². The summed E-state index contributed by atoms with van der Waals surface area (Å²) in [6, 6.07) is 11.7. The molecule has 2 aromatic heterocycles. The van der Waals surface area contributed by atoms with Gasteiger partial charge in [-0.2, -0.15) is 0 Å². The first kappa shape index (κ1) is 41.1. The molecule has 2 amide bonds. The molecule has 0 radical (unpaired) electrons. The number of hydrogen-bond donors (Lipinski definition) is 1. The van der Waals surface area contributed by atoms with Crippen LogP contribution in [0.25, 0.3) is 27.6 Å². The van der Waals surface area contributed by atoms with Crippen LogP contribution in [0.2, 0.25) is 0 Å². The number of rotatable bonds is 12. The normalized spacial score (nSPS) is 19.2. The number of hydrogen-bond acceptors (Lipinski definition) is 10. The molecule has 4 aliphatic heterocycles. The van der Waals surface area contributed by atoms with E-state index in [1.165, 1.54) is 6.42 Å². The second-order valence-electron chi connectivity index (χ2n) is 16.8. The van der Waals surface area contributed by atoms with E-state index in [0.717, 1.165) is 122 Å². The third-order valence-electron chi connectivity index (χ3n) is 13.2. The Hall–Kier alpha value is -5.66. The lowest BCUT2D eigenvalue weighted by atomic mass is 9.92. The average molecular weight is 815 g/mol. The van der Waals surface area contributed by atoms with Crippen molar-refractivity contribution in [3.8, 4) is 22.6 Å². The number of allylic oxidation sites excluding steroid dienone is 1. The lowest BCUT2D eigenvalue weighted by Gasteiger charge is -2.37. The fraction of sp³-hybridized carbons (Fsp3) is 0.447. The van der Waals surface area contributed by atoms with E-state index in [0.29, 0.717) is 41.1 Å². The number of amides is 2. The first-order chi connectivity index (χ1) is 29.0. The number of methoxy groups -OCH3 is 2. The van der Waals surface area contributed by atoms with E-state index in [-0.39, 0.29) is 17.4 Å². The number of pyridine rings is 2. The molecule has 1 unspecified atom stereocenters. The molecule has 8 rings (SSSR count). The summed E-state index contributed by atoms with van der Waals surface area (Å²) in [5.41, 5.74) is 6.56. The van der Waals surface area contributed by atoms with E-state index in [9.17, 15) is 14.4 Å². The van der Waals surface area contributed by atoms with Crippen molar-refractivity contribution in [3.63, 3.8) is 0 Å². The maximum absolute atomic E-state index is 13.6. The predicted molar refractivity (Wildman–Crippen MR) is 238 cm³/mol. The molecule has 4 aromatic rings. The summed E-state index contributed by atoms with van der Waals surface area (Å²) < 4.78 is 13.6. The van der Waals surface area contributed by atoms with Gasteiger partial charge < -0.3 is 34.1 Å². The van der Waals surface area contributed by atoms with Crippen LogP contribution < -0.4 is 30.1 Å². The quantitative estimate of drug-likeness (QED) is 0.191. The zero-order chi connectivity index (χ0) is 42.2. The molecule has 3 fully saturated rings. The Morgan fingerprint density at radius 2 is 1.57 bits per heavy atom. The minimum atomic E-state index is -0.558. The number of nitrogens with zero attached hydrogens (tertiary/aromatic N) is 7. The van der Waals surface area contributed by atoms with Crippen LogP contribution in [0.1, 0.15) is 60.5 Å². The van der Waals surface area contributed by atoms with Crippen LogP contribution >= 0.6 is 0 Å². The second kappa shape index (κ2) is 17.1. The molecule has 4 aliphatic rings. The fourth-order valence-electron chi connectivity index (χ4n) is 9.36. The van der Waals surface area contributed by atoms with E-state index >= 15 is 0 Å². The SMILES string of the molecule is C=C1CCC(N2C(=C)c3ccc(N4CCC(CCN5CCN(Cc6c(OC)cc(-c7cn(C)c(=O)c8cnc(N(C)CC)cc78)cc6OC)CC5)CC4)cc3C2=O)C(=O)N1. The number of carbonyl (C=O) groups is 2. The number of benzene rings is 2. The number of anilines is 2. The summed E-state index contributed by atoms with van der Waals surface area (Å²) in [4.78, 5) is 55.1. The van der Waals surface area contributed by atoms with Gasteiger partial charge in [-0.15, -0.1) is 0 Å². The van der Waals surface area contributed by atoms with Gasteiger partial charge in [0.2, 0.25) is 5.91 Å². The van der Waals surface area contributed by atoms with Gasteiger partial charge >= 0.3 is 0 Å². The van der Waals surface area contributed by atoms with Crippen molar-refractivity contribution < 1.29 is 19.1 Å². The fourth-order valence-corrected chi connectivity index (χ4v) is 9.36. The third-order valence-corrected chi connectivity index (χ3v) is 13.2. The van der Waals surface area contributed by atoms with E-state index in [4.69, 9.17) is 9.47 Å². The Morgan fingerprint density at radius 1 is 0.867 bits per heavy atom. The summed E-state index contributed by atoms with van der Waals surface area (Å²) in [6.45, 7) is 18.6. The monoisotopic (exact) mass is 814 g/mol. The van der Waals surface area contributed by atoms with Crippen LogP contribution in [0.4, 0.5) is 11.5 Å². The molecule has 0 spiro atoms. The molecule has 60 heavy (non-hydrogen) atoms. The number of nitrogens with one attached hydrogen (secondary N) is 1. The summed E-state index contributed by atoms with van der Waals surface area (Å²) in [7, 11) is 7.18. The molecule has 0 saturated carbocycles. The summed E-state index contributed by atoms with van der Waals surface area (Å²) in [5.74, 6) is 2.67. The highest BCUT2D eigenvalue weighted by molar-refractivity contribution is 6.11. The molecule has 2 aromatic carbocycles. The smallest absolute Gasteiger partial charge is 0.259 e. The molecule has 13 heteroatoms. The molecule has 1 N–H and O–H groups in total. The molecular formula is C47H58N8O5. The molecule has 1 atom stereocenters. The van der Waals surface area contributed by atoms with Gasteiger partial charge in [0.25, 0.3) is 11.5 Å². The number of carbonyl (C=O) groups excluding carboxylic acids is 2. The zero-order valence-electron chi connectivity index (χ0n) is 35.8. The van der Waals surface area contributed by atoms with Crippen molar-refractivity contribution >= 4 is 39.8 Å². The van der Waals surface area contributed by atoms with E-state index in [2.05, 4.69) is 68.2 Å². The van der Waals surface area contributed by atoms with Crippen molar-refractivity contribution in [2.75, 3.05) is 83.4 Å². The minimum absolute atomic E-state index is 0.0844. The van der Waals surface area contributed by atoms with Gasteiger partial charge in [0, 0.05) is 112 Å². The standard InChI is InChI=1S/C47H58N8O5/c1-8-50(4)44-26-36-38(27-48-44)46(57)51(5)28-39(36)33-23-42(59-6)40(43(24-33)60-7)29-53-21-19-52(20-22-53)16-13-32-14-17-54(18-15-32)34-10-11-35-31(3)55(47(58)37(35)25-34)41-12-9-30(2)49-45(41)56/h10-11,23-28,32,41H,2-3,8-9,12-22,29H2,1,4-7H3,(H,49,56). The van der Waals surface area contributed by atoms with Crippen molar-refractivity contribution in [1.29, 1.82) is 0 Å². The van der Waals surface area contributed by atoms with Gasteiger partial charge in [-0.3, -0.25) is 24.2 Å². The van der Waals surface area contributed by atoms with Crippen molar-refractivity contribution in [3.05, 3.63) is 94.7 Å². The number of piperidine rings is 2. The highest BCUT2D eigenvalue weighted by Gasteiger charge is 2.41. The van der Waals surface area contributed by atoms with Gasteiger partial charge in [-0.05, 0) is 87.4 Å². The Morgan fingerprint density at radius 3 is 2.23 bits per heavy atom. The Kier molecular flexibility index (Phi) is 11.7. The molecule has 13 nitrogen and oxygen atoms in total. The van der Waals surface area contributed by atoms with E-state index in [1.54, 1.807) is 36.9 Å². The maximum Gasteiger partial charge on any atom is 0.259 e. The molecule has 0 bridgehead atoms. The number of aromatic nitrogens is 2. The molecule has 3 saturated heterocycles. The van der Waals surface area contributed by atoms with Crippen LogP contribution in [-0.2, 0) is 18.4 Å². The number of ether oxygens (including phenoxy) is 2. The lowest BCUT2D eigenvalue weighted by Crippen LogP contribution is -2.49. The van der Waals surface area contributed by atoms with Crippen molar-refractivity contribution in [2.24, 2.45) is 13.0 Å². The third kappa shape index (κ3) is 7.88. The number of aryl methyl sites for hydroxylation is 1. The molecular weight excluding hydrogens is 757 g/mol. The summed E-state index contributed by atoms with van der Waals surface area (Å²) >= 11 is 0. The number of fused-ring (bicyclic) bond motifs is 2. The van der Waals surface area contributed by atoms with Gasteiger partial charge in [-0.25, -0.2) is 4.98 Å². The lowest BCUT2D eigenvalue weighted by molar-refractivity contribution is -0.125. The highest BCUT2D eigenvalue weighted by atomic mass is 16.5. The Balaban J connectivity index is 0.852. The topological polar surface area (TPSA) is 116 Å². The van der Waals surface area contributed by atoms with Crippen LogP contribution in [0, 0.1) is 5.92 Å². The second-order valence-corrected chi connectivity index (χ2v) is 16.8. The molecule has 6 heterocycles. The largest absolute Gasteiger partial charge is 0.496 e. The Labute approximate surface area is 352 Å². The first-order valence-corrected chi connectivity index (χ1v) is 21.3. The van der Waals surface area contributed by atoms with Crippen molar-refractivity contribution in [1.82, 2.24) is 29.6 Å². The van der Waals surface area contributed by atoms with Gasteiger partial charge in [0.15, 0.2) is 0 Å². The average Bonchev–Trinajstić information content (AvgIpc) is 3.51. The molecule has 316 valence electrons. The highest BCUT2D eigenvalue weighted by Crippen LogP contribution is 2.40. The van der Waals surface area contributed by atoms with Crippen LogP contribution in [0.3, 0.4) is 0 Å². The maximum atomic E-state index is 13.6. The first-order valence-electron chi connectivity index (χ1n) is 21.3. The van der Waals surface area contributed by atoms with E-state index < -0.39 is 6.04 Å². The Bertz CT molecular complexity index is 2370. The van der Waals surface area contributed by atoms with Gasteiger partial charge in [0.1, 0.15) is 23.4 Å². The van der Waals surface area contributed by atoms with E-state index in [1.807, 2.05) is 31.4 Å².